The van der Waals surface area contributed by atoms with Crippen molar-refractivity contribution in [3.05, 3.63) is 168 Å². The van der Waals surface area contributed by atoms with Gasteiger partial charge in [0.1, 0.15) is 0 Å². The molecule has 8 bridgehead atoms. The lowest BCUT2D eigenvalue weighted by molar-refractivity contribution is -0.0419. The Hall–Kier alpha value is -5.08. The molecule has 2 heterocycles. The molecule has 58 heavy (non-hydrogen) atoms. The number of hydrogen-bond acceptors (Lipinski definition) is 2. The molecule has 286 valence electrons. The molecule has 8 aliphatic carbocycles. The number of fused-ring (bicyclic) bond motifs is 4. The minimum Gasteiger partial charge on any atom is -0.310 e. The van der Waals surface area contributed by atoms with Gasteiger partial charge in [0.25, 0.3) is 0 Å². The van der Waals surface area contributed by atoms with E-state index in [9.17, 15) is 0 Å². The summed E-state index contributed by atoms with van der Waals surface area (Å²) in [5.74, 6) is 6.64. The first-order chi connectivity index (χ1) is 28.7. The van der Waals surface area contributed by atoms with Crippen LogP contribution >= 0.6 is 0 Å². The number of benzene rings is 6. The summed E-state index contributed by atoms with van der Waals surface area (Å²) in [4.78, 5) is 5.26. The van der Waals surface area contributed by atoms with E-state index in [1.807, 2.05) is 0 Å². The Morgan fingerprint density at radius 2 is 0.690 bits per heavy atom. The van der Waals surface area contributed by atoms with Crippen molar-refractivity contribution in [2.24, 2.45) is 47.3 Å². The summed E-state index contributed by atoms with van der Waals surface area (Å²) in [7, 11) is 0. The molecule has 0 saturated heterocycles. The molecule has 2 heteroatoms. The molecule has 0 amide bonds. The lowest BCUT2D eigenvalue weighted by Gasteiger charge is -2.64. The lowest BCUT2D eigenvalue weighted by atomic mass is 9.41. The van der Waals surface area contributed by atoms with Crippen molar-refractivity contribution in [2.75, 3.05) is 9.80 Å². The van der Waals surface area contributed by atoms with E-state index >= 15 is 0 Å². The van der Waals surface area contributed by atoms with Crippen molar-refractivity contribution in [1.29, 1.82) is 0 Å². The summed E-state index contributed by atoms with van der Waals surface area (Å²) in [5, 5.41) is 0. The quantitative estimate of drug-likeness (QED) is 0.178. The van der Waals surface area contributed by atoms with Crippen LogP contribution < -0.4 is 9.80 Å². The SMILES string of the molecule is c1cc(-c2ccccc2N2c3ccccc3C3(c4ccccc42)C2CC4C[C@H](C2)C[C@H]3C4)cc(N2c3ccccc3C3(c4ccccc42)C2CC4C[C@H](C2)C[C@H]3C4)c1. The van der Waals surface area contributed by atoms with E-state index in [2.05, 4.69) is 155 Å². The van der Waals surface area contributed by atoms with Crippen molar-refractivity contribution in [1.82, 2.24) is 0 Å². The van der Waals surface area contributed by atoms with Gasteiger partial charge in [0.05, 0.1) is 28.4 Å². The molecule has 0 aromatic heterocycles. The van der Waals surface area contributed by atoms with E-state index in [0.29, 0.717) is 0 Å². The molecule has 0 N–H and O–H groups in total. The molecule has 2 spiro atoms. The molecule has 6 aromatic rings. The fraction of sp³-hybridized carbons (Fsp3) is 0.357. The maximum atomic E-state index is 2.64. The van der Waals surface area contributed by atoms with Gasteiger partial charge in [-0.2, -0.15) is 0 Å². The van der Waals surface area contributed by atoms with Crippen molar-refractivity contribution >= 4 is 34.1 Å². The molecule has 0 atom stereocenters. The molecule has 2 aliphatic heterocycles. The molecule has 8 saturated carbocycles. The number of anilines is 6. The maximum absolute atomic E-state index is 2.64. The zero-order chi connectivity index (χ0) is 37.7. The molecule has 2 nitrogen and oxygen atoms in total. The summed E-state index contributed by atoms with van der Waals surface area (Å²) in [6, 6.07) is 57.0. The fourth-order valence-electron chi connectivity index (χ4n) is 16.5. The Kier molecular flexibility index (Phi) is 6.67. The van der Waals surface area contributed by atoms with Gasteiger partial charge in [-0.3, -0.25) is 0 Å². The maximum Gasteiger partial charge on any atom is 0.0540 e. The van der Waals surface area contributed by atoms with E-state index in [-0.39, 0.29) is 10.8 Å². The topological polar surface area (TPSA) is 6.48 Å². The smallest absolute Gasteiger partial charge is 0.0540 e. The first kappa shape index (κ1) is 32.8. The second-order valence-electron chi connectivity index (χ2n) is 20.2. The van der Waals surface area contributed by atoms with Crippen LogP contribution in [-0.2, 0) is 10.8 Å². The van der Waals surface area contributed by atoms with Gasteiger partial charge in [0.15, 0.2) is 0 Å². The minimum atomic E-state index is 0.107. The molecule has 0 unspecified atom stereocenters. The second kappa shape index (κ2) is 11.8. The highest BCUT2D eigenvalue weighted by Crippen LogP contribution is 2.71. The normalized spacial score (nSPS) is 30.6. The van der Waals surface area contributed by atoms with Gasteiger partial charge in [0.2, 0.25) is 0 Å². The molecular formula is C56H52N2. The van der Waals surface area contributed by atoms with Crippen LogP contribution in [0.5, 0.6) is 0 Å². The third kappa shape index (κ3) is 4.10. The predicted octanol–water partition coefficient (Wildman–Crippen LogP) is 14.4. The number of hydrogen-bond donors (Lipinski definition) is 0. The third-order valence-corrected chi connectivity index (χ3v) is 17.8. The van der Waals surface area contributed by atoms with Crippen LogP contribution in [0, 0.1) is 47.3 Å². The fourth-order valence-corrected chi connectivity index (χ4v) is 16.5. The zero-order valence-corrected chi connectivity index (χ0v) is 33.4. The highest BCUT2D eigenvalue weighted by Gasteiger charge is 2.63. The van der Waals surface area contributed by atoms with Crippen LogP contribution in [0.4, 0.5) is 34.1 Å². The molecule has 0 radical (unpaired) electrons. The number of para-hydroxylation sites is 5. The largest absolute Gasteiger partial charge is 0.310 e. The van der Waals surface area contributed by atoms with Gasteiger partial charge < -0.3 is 9.80 Å². The van der Waals surface area contributed by atoms with Gasteiger partial charge in [-0.05, 0) is 182 Å². The summed E-state index contributed by atoms with van der Waals surface area (Å²) in [6.07, 6.45) is 14.1. The van der Waals surface area contributed by atoms with E-state index in [1.165, 1.54) is 109 Å². The van der Waals surface area contributed by atoms with Crippen LogP contribution in [0.2, 0.25) is 0 Å². The standard InChI is InChI=1S/C56H52N2/c1-6-19-50(58-53-22-9-4-17-48(53)56(49-18-5-10-23-54(49)58)42-30-37-25-38(32-42)33-43(56)31-37)45(14-1)39-12-11-13-44(34-39)57-51-20-7-2-15-46(51)55(47-16-3-8-21-52(47)57)40-26-35-24-36(28-40)29-41(55)27-35/h1-23,34-38,40-43H,24-33H2/t35-,36?,37-,38?,40-,41?,42-,43?/m0/s1. The Bertz CT molecular complexity index is 2490. The Morgan fingerprint density at radius 3 is 1.12 bits per heavy atom. The molecular weight excluding hydrogens is 701 g/mol. The van der Waals surface area contributed by atoms with Gasteiger partial charge in [-0.1, -0.05) is 103 Å². The third-order valence-electron chi connectivity index (χ3n) is 17.8. The monoisotopic (exact) mass is 752 g/mol. The molecule has 8 fully saturated rings. The summed E-state index contributed by atoms with van der Waals surface area (Å²) >= 11 is 0. The van der Waals surface area contributed by atoms with Crippen LogP contribution in [0.1, 0.15) is 86.5 Å². The van der Waals surface area contributed by atoms with Crippen molar-refractivity contribution in [3.63, 3.8) is 0 Å². The van der Waals surface area contributed by atoms with Gasteiger partial charge >= 0.3 is 0 Å². The van der Waals surface area contributed by atoms with Crippen LogP contribution in [0.15, 0.2) is 146 Å². The van der Waals surface area contributed by atoms with E-state index in [4.69, 9.17) is 0 Å². The Labute approximate surface area is 343 Å². The highest BCUT2D eigenvalue weighted by molar-refractivity contribution is 5.94. The summed E-state index contributed by atoms with van der Waals surface area (Å²) < 4.78 is 0. The average molecular weight is 753 g/mol. The van der Waals surface area contributed by atoms with Crippen molar-refractivity contribution in [2.45, 2.75) is 75.0 Å². The van der Waals surface area contributed by atoms with Gasteiger partial charge in [-0.15, -0.1) is 0 Å². The van der Waals surface area contributed by atoms with Crippen molar-refractivity contribution in [3.8, 4) is 11.1 Å². The van der Waals surface area contributed by atoms with E-state index < -0.39 is 0 Å². The highest BCUT2D eigenvalue weighted by atomic mass is 15.2. The molecule has 6 aromatic carbocycles. The second-order valence-corrected chi connectivity index (χ2v) is 20.2. The van der Waals surface area contributed by atoms with Crippen LogP contribution in [0.25, 0.3) is 11.1 Å². The minimum absolute atomic E-state index is 0.107. The van der Waals surface area contributed by atoms with Crippen LogP contribution in [0.3, 0.4) is 0 Å². The first-order valence-corrected chi connectivity index (χ1v) is 22.9. The molecule has 16 rings (SSSR count). The van der Waals surface area contributed by atoms with Crippen molar-refractivity contribution < 1.29 is 0 Å². The van der Waals surface area contributed by atoms with Gasteiger partial charge in [0, 0.05) is 22.1 Å². The Balaban J connectivity index is 0.923. The van der Waals surface area contributed by atoms with Gasteiger partial charge in [-0.25, -0.2) is 0 Å². The summed E-state index contributed by atoms with van der Waals surface area (Å²) in [6.45, 7) is 0. The first-order valence-electron chi connectivity index (χ1n) is 22.9. The van der Waals surface area contributed by atoms with E-state index in [1.54, 1.807) is 22.3 Å². The predicted molar refractivity (Wildman–Crippen MR) is 237 cm³/mol. The number of rotatable bonds is 3. The number of nitrogens with zero attached hydrogens (tertiary/aromatic N) is 2. The average Bonchev–Trinajstić information content (AvgIpc) is 3.26. The summed E-state index contributed by atoms with van der Waals surface area (Å²) in [5.41, 5.74) is 17.1. The lowest BCUT2D eigenvalue weighted by Crippen LogP contribution is -2.57. The zero-order valence-electron chi connectivity index (χ0n) is 33.4. The molecule has 10 aliphatic rings. The van der Waals surface area contributed by atoms with E-state index in [0.717, 1.165) is 47.3 Å². The Morgan fingerprint density at radius 1 is 0.328 bits per heavy atom. The van der Waals surface area contributed by atoms with Crippen LogP contribution in [-0.4, -0.2) is 0 Å².